The molecule has 3 rings (SSSR count). The van der Waals surface area contributed by atoms with Crippen molar-refractivity contribution in [3.63, 3.8) is 0 Å². The number of rotatable bonds is 57. The van der Waals surface area contributed by atoms with Gasteiger partial charge in [0.05, 0.1) is 38.6 Å². The van der Waals surface area contributed by atoms with Gasteiger partial charge in [-0.25, -0.2) is 0 Å². The van der Waals surface area contributed by atoms with E-state index in [1.54, 1.807) is 6.08 Å². The predicted octanol–water partition coefficient (Wildman–Crippen LogP) is 11.2. The summed E-state index contributed by atoms with van der Waals surface area (Å²) in [6.45, 7) is 1.55. The van der Waals surface area contributed by atoms with Crippen LogP contribution in [-0.2, 0) is 33.2 Å². The molecule has 0 aromatic rings. The lowest BCUT2D eigenvalue weighted by Crippen LogP contribution is -2.66. The van der Waals surface area contributed by atoms with Crippen LogP contribution >= 0.6 is 0 Å². The number of aliphatic hydroxyl groups is 11. The van der Waals surface area contributed by atoms with Crippen LogP contribution in [-0.4, -0.2) is 193 Å². The summed E-state index contributed by atoms with van der Waals surface area (Å²) in [5.74, 6) is -0.369. The summed E-state index contributed by atoms with van der Waals surface area (Å²) in [5.41, 5.74) is 0. The number of carbonyl (C=O) groups excluding carboxylic acids is 1. The Morgan fingerprint density at radius 1 is 0.385 bits per heavy atom. The second-order valence-corrected chi connectivity index (χ2v) is 26.4. The van der Waals surface area contributed by atoms with Crippen molar-refractivity contribution >= 4 is 5.91 Å². The van der Waals surface area contributed by atoms with Gasteiger partial charge in [0.15, 0.2) is 18.9 Å². The van der Waals surface area contributed by atoms with Crippen LogP contribution in [0, 0.1) is 0 Å². The van der Waals surface area contributed by atoms with Crippen molar-refractivity contribution in [3.8, 4) is 0 Å². The van der Waals surface area contributed by atoms with E-state index in [0.717, 1.165) is 51.4 Å². The minimum Gasteiger partial charge on any atom is -0.394 e. The fraction of sp³-hybridized carbons (Fsp3) is 0.779. The van der Waals surface area contributed by atoms with Gasteiger partial charge in [0.2, 0.25) is 5.91 Å². The highest BCUT2D eigenvalue weighted by Gasteiger charge is 2.53. The lowest BCUT2D eigenvalue weighted by Gasteiger charge is -2.48. The smallest absolute Gasteiger partial charge is 0.220 e. The van der Waals surface area contributed by atoms with Crippen LogP contribution in [0.1, 0.15) is 251 Å². The minimum absolute atomic E-state index is 0.105. The van der Waals surface area contributed by atoms with Crippen LogP contribution in [0.15, 0.2) is 97.2 Å². The Kier molecular flexibility index (Phi) is 51.9. The molecule has 0 bridgehead atoms. The zero-order valence-electron chi connectivity index (χ0n) is 58.8. The van der Waals surface area contributed by atoms with Gasteiger partial charge in [-0.15, -0.1) is 0 Å². The van der Waals surface area contributed by atoms with E-state index in [1.165, 1.54) is 161 Å². The SMILES string of the molecule is CC/C=C\C/C=C\C/C=C\C/C=C\C/C=C\C/C=C\CCC(=O)NC(COC1OC(CO)C(OC2OC(CO)C(OC3OC(CO)C(O)C(O)C3O)C(O)C2O)C(O)C1O)C(O)/C=C/CC/C=C/CCCCCCCCCCCCCCCCCCCCCCCCCCCC. The number of hydrogen-bond acceptors (Lipinski definition) is 18. The average Bonchev–Trinajstić information content (AvgIpc) is 0.798. The Hall–Kier alpha value is -3.29. The van der Waals surface area contributed by atoms with Crippen molar-refractivity contribution in [1.82, 2.24) is 5.32 Å². The summed E-state index contributed by atoms with van der Waals surface area (Å²) in [5, 5.41) is 121. The highest BCUT2D eigenvalue weighted by molar-refractivity contribution is 5.76. The number of ether oxygens (including phenoxy) is 6. The molecule has 3 aliphatic rings. The van der Waals surface area contributed by atoms with E-state index in [-0.39, 0.29) is 12.3 Å². The molecular weight excluding hydrogens is 1230 g/mol. The number of amides is 1. The molecule has 3 saturated heterocycles. The first-order valence-corrected chi connectivity index (χ1v) is 37.5. The molecule has 96 heavy (non-hydrogen) atoms. The number of carbonyl (C=O) groups is 1. The summed E-state index contributed by atoms with van der Waals surface area (Å²) in [4.78, 5) is 13.4. The summed E-state index contributed by atoms with van der Waals surface area (Å²) in [6.07, 6.45) is 50.0. The van der Waals surface area contributed by atoms with Crippen molar-refractivity contribution in [3.05, 3.63) is 97.2 Å². The molecule has 12 N–H and O–H groups in total. The molecular formula is C77H133NO18. The van der Waals surface area contributed by atoms with Gasteiger partial charge in [0, 0.05) is 6.42 Å². The van der Waals surface area contributed by atoms with Crippen molar-refractivity contribution in [2.45, 2.75) is 356 Å². The molecule has 3 aliphatic heterocycles. The molecule has 0 aromatic heterocycles. The largest absolute Gasteiger partial charge is 0.394 e. The Morgan fingerprint density at radius 3 is 1.16 bits per heavy atom. The Balaban J connectivity index is 1.42. The van der Waals surface area contributed by atoms with Crippen LogP contribution in [0.2, 0.25) is 0 Å². The predicted molar refractivity (Wildman–Crippen MR) is 378 cm³/mol. The summed E-state index contributed by atoms with van der Waals surface area (Å²) >= 11 is 0. The topological polar surface area (TPSA) is 307 Å². The van der Waals surface area contributed by atoms with Crippen LogP contribution < -0.4 is 5.32 Å². The van der Waals surface area contributed by atoms with E-state index in [9.17, 15) is 61.0 Å². The number of allylic oxidation sites excluding steroid dienone is 15. The lowest BCUT2D eigenvalue weighted by molar-refractivity contribution is -0.379. The molecule has 0 aromatic carbocycles. The monoisotopic (exact) mass is 1360 g/mol. The highest BCUT2D eigenvalue weighted by Crippen LogP contribution is 2.33. The standard InChI is InChI=1S/C77H133NO18/c1-3-5-7-9-11-13-15-17-19-21-23-24-25-26-27-28-29-30-31-32-33-34-35-37-38-40-42-44-46-48-50-52-54-61(82)60(78-65(83)55-53-51-49-47-45-43-41-39-36-22-20-18-16-14-12-10-8-6-4-2)59-91-75-71(89)68(86)73(63(57-80)93-75)96-77-72(90)69(87)74(64(58-81)94-77)95-76-70(88)67(85)66(84)62(56-79)92-76/h6,8,12,14,18,20,36,39,43-46,49,51-52,54,60-64,66-77,79-82,84-90H,3-5,7,9-11,13,15-17,19,21-35,37-38,40-42,47-48,50,53,55-59H2,1-2H3,(H,78,83)/b8-6-,14-12-,20-18-,39-36-,45-43-,46-44+,51-49-,54-52+. The van der Waals surface area contributed by atoms with Crippen LogP contribution in [0.3, 0.4) is 0 Å². The molecule has 17 unspecified atom stereocenters. The summed E-state index contributed by atoms with van der Waals surface area (Å²) in [6, 6.07) is -1.04. The van der Waals surface area contributed by atoms with Crippen LogP contribution in [0.5, 0.6) is 0 Å². The van der Waals surface area contributed by atoms with Gasteiger partial charge in [0.25, 0.3) is 0 Å². The molecule has 554 valence electrons. The first-order valence-electron chi connectivity index (χ1n) is 37.5. The van der Waals surface area contributed by atoms with E-state index in [2.05, 4.69) is 92.1 Å². The summed E-state index contributed by atoms with van der Waals surface area (Å²) in [7, 11) is 0. The lowest BCUT2D eigenvalue weighted by atomic mass is 9.96. The third-order valence-electron chi connectivity index (χ3n) is 18.1. The van der Waals surface area contributed by atoms with Crippen LogP contribution in [0.25, 0.3) is 0 Å². The van der Waals surface area contributed by atoms with Crippen LogP contribution in [0.4, 0.5) is 0 Å². The third-order valence-corrected chi connectivity index (χ3v) is 18.1. The van der Waals surface area contributed by atoms with Crippen molar-refractivity contribution in [2.24, 2.45) is 0 Å². The van der Waals surface area contributed by atoms with Gasteiger partial charge in [-0.1, -0.05) is 272 Å². The first-order chi connectivity index (χ1) is 46.8. The Morgan fingerprint density at radius 2 is 0.729 bits per heavy atom. The van der Waals surface area contributed by atoms with Gasteiger partial charge < -0.3 is 89.9 Å². The number of aliphatic hydroxyl groups excluding tert-OH is 11. The molecule has 0 radical (unpaired) electrons. The average molecular weight is 1360 g/mol. The number of unbranched alkanes of at least 4 members (excludes halogenated alkanes) is 27. The molecule has 17 atom stereocenters. The van der Waals surface area contributed by atoms with E-state index in [1.807, 2.05) is 18.2 Å². The van der Waals surface area contributed by atoms with Gasteiger partial charge in [-0.2, -0.15) is 0 Å². The van der Waals surface area contributed by atoms with Gasteiger partial charge in [-0.3, -0.25) is 4.79 Å². The summed E-state index contributed by atoms with van der Waals surface area (Å²) < 4.78 is 34.3. The van der Waals surface area contributed by atoms with Crippen molar-refractivity contribution in [1.29, 1.82) is 0 Å². The van der Waals surface area contributed by atoms with E-state index < -0.39 is 131 Å². The molecule has 0 saturated carbocycles. The van der Waals surface area contributed by atoms with E-state index in [4.69, 9.17) is 28.4 Å². The minimum atomic E-state index is -1.99. The molecule has 3 fully saturated rings. The van der Waals surface area contributed by atoms with Crippen molar-refractivity contribution < 1.29 is 89.4 Å². The third kappa shape index (κ3) is 37.9. The molecule has 1 amide bonds. The van der Waals surface area contributed by atoms with Gasteiger partial charge in [-0.05, 0) is 70.6 Å². The number of nitrogens with one attached hydrogen (secondary N) is 1. The Bertz CT molecular complexity index is 2110. The maximum atomic E-state index is 13.4. The second-order valence-electron chi connectivity index (χ2n) is 26.4. The van der Waals surface area contributed by atoms with Gasteiger partial charge in [0.1, 0.15) is 73.2 Å². The maximum absolute atomic E-state index is 13.4. The molecule has 19 heteroatoms. The second kappa shape index (κ2) is 57.3. The fourth-order valence-electron chi connectivity index (χ4n) is 12.1. The fourth-order valence-corrected chi connectivity index (χ4v) is 12.1. The van der Waals surface area contributed by atoms with Crippen molar-refractivity contribution in [2.75, 3.05) is 26.4 Å². The Labute approximate surface area is 577 Å². The zero-order chi connectivity index (χ0) is 69.6. The highest BCUT2D eigenvalue weighted by atomic mass is 16.8. The zero-order valence-corrected chi connectivity index (χ0v) is 58.8. The van der Waals surface area contributed by atoms with Gasteiger partial charge >= 0.3 is 0 Å². The van der Waals surface area contributed by atoms with E-state index >= 15 is 0 Å². The molecule has 0 spiro atoms. The quantitative estimate of drug-likeness (QED) is 0.0199. The molecule has 3 heterocycles. The number of hydrogen-bond donors (Lipinski definition) is 12. The normalized spacial score (nSPS) is 27.6. The first kappa shape index (κ1) is 86.9. The molecule has 19 nitrogen and oxygen atoms in total. The molecule has 0 aliphatic carbocycles. The maximum Gasteiger partial charge on any atom is 0.220 e. The van der Waals surface area contributed by atoms with E-state index in [0.29, 0.717) is 19.3 Å².